The summed E-state index contributed by atoms with van der Waals surface area (Å²) in [5.41, 5.74) is 3.77. The van der Waals surface area contributed by atoms with E-state index in [4.69, 9.17) is 37.4 Å². The first-order valence-electron chi connectivity index (χ1n) is 11.0. The van der Waals surface area contributed by atoms with Crippen molar-refractivity contribution in [3.8, 4) is 17.2 Å². The Morgan fingerprint density at radius 1 is 0.944 bits per heavy atom. The molecule has 0 saturated heterocycles. The van der Waals surface area contributed by atoms with E-state index in [0.29, 0.717) is 50.7 Å². The van der Waals surface area contributed by atoms with Gasteiger partial charge in [0, 0.05) is 26.9 Å². The van der Waals surface area contributed by atoms with Crippen LogP contribution < -0.4 is 25.0 Å². The van der Waals surface area contributed by atoms with Gasteiger partial charge in [0.25, 0.3) is 0 Å². The molecule has 188 valence electrons. The normalized spacial score (nSPS) is 10.7. The molecule has 0 heterocycles. The van der Waals surface area contributed by atoms with E-state index in [-0.39, 0.29) is 6.61 Å². The standard InChI is InChI=1S/C26H25Cl2N3O5/c1-3-14-35-19-12-10-18(11-13-19)30-25(32)26(33)31-29-15-17-6-4-9-23(34-2)24(17)36-16-20-21(27)7-5-8-22(20)28/h4-13,15H,3,14,16H2,1-2H3,(H,30,32)(H,31,33)/b29-15-. The molecular weight excluding hydrogens is 505 g/mol. The van der Waals surface area contributed by atoms with E-state index >= 15 is 0 Å². The second-order valence-electron chi connectivity index (χ2n) is 7.39. The lowest BCUT2D eigenvalue weighted by Gasteiger charge is -2.14. The average molecular weight is 530 g/mol. The SMILES string of the molecule is CCCOc1ccc(NC(=O)C(=O)N/N=C\c2cccc(OC)c2OCc2c(Cl)cccc2Cl)cc1. The van der Waals surface area contributed by atoms with E-state index in [1.54, 1.807) is 60.7 Å². The highest BCUT2D eigenvalue weighted by atomic mass is 35.5. The summed E-state index contributed by atoms with van der Waals surface area (Å²) >= 11 is 12.5. The minimum absolute atomic E-state index is 0.0801. The van der Waals surface area contributed by atoms with Gasteiger partial charge in [0.1, 0.15) is 12.4 Å². The van der Waals surface area contributed by atoms with E-state index < -0.39 is 11.8 Å². The summed E-state index contributed by atoms with van der Waals surface area (Å²) in [7, 11) is 1.50. The molecule has 2 N–H and O–H groups in total. The van der Waals surface area contributed by atoms with Crippen molar-refractivity contribution in [2.75, 3.05) is 19.0 Å². The zero-order chi connectivity index (χ0) is 25.9. The first-order chi connectivity index (χ1) is 17.4. The van der Waals surface area contributed by atoms with E-state index in [9.17, 15) is 9.59 Å². The third-order valence-corrected chi connectivity index (χ3v) is 5.52. The molecule has 36 heavy (non-hydrogen) atoms. The fraction of sp³-hybridized carbons (Fsp3) is 0.192. The molecule has 3 aromatic carbocycles. The fourth-order valence-electron chi connectivity index (χ4n) is 3.02. The number of hydrogen-bond acceptors (Lipinski definition) is 6. The van der Waals surface area contributed by atoms with Gasteiger partial charge in [0.05, 0.1) is 19.9 Å². The number of carbonyl (C=O) groups is 2. The van der Waals surface area contributed by atoms with Crippen LogP contribution in [0.15, 0.2) is 65.8 Å². The van der Waals surface area contributed by atoms with Gasteiger partial charge < -0.3 is 19.5 Å². The second kappa shape index (κ2) is 13.4. The minimum atomic E-state index is -0.939. The number of carbonyl (C=O) groups excluding carboxylic acids is 2. The number of hydrazone groups is 1. The zero-order valence-corrected chi connectivity index (χ0v) is 21.2. The molecule has 0 atom stereocenters. The van der Waals surface area contributed by atoms with Crippen LogP contribution in [0.3, 0.4) is 0 Å². The van der Waals surface area contributed by atoms with Crippen molar-refractivity contribution in [1.82, 2.24) is 5.43 Å². The van der Waals surface area contributed by atoms with Crippen LogP contribution in [0.2, 0.25) is 10.0 Å². The number of rotatable bonds is 10. The highest BCUT2D eigenvalue weighted by molar-refractivity contribution is 6.39. The highest BCUT2D eigenvalue weighted by Gasteiger charge is 2.15. The van der Waals surface area contributed by atoms with Crippen LogP contribution in [0.5, 0.6) is 17.2 Å². The maximum Gasteiger partial charge on any atom is 0.329 e. The Balaban J connectivity index is 1.63. The first-order valence-corrected chi connectivity index (χ1v) is 11.8. The van der Waals surface area contributed by atoms with Gasteiger partial charge in [-0.2, -0.15) is 5.10 Å². The number of ether oxygens (including phenoxy) is 3. The summed E-state index contributed by atoms with van der Waals surface area (Å²) in [6.45, 7) is 2.69. The fourth-order valence-corrected chi connectivity index (χ4v) is 3.52. The molecule has 8 nitrogen and oxygen atoms in total. The molecule has 10 heteroatoms. The van der Waals surface area contributed by atoms with Crippen LogP contribution in [0.4, 0.5) is 5.69 Å². The van der Waals surface area contributed by atoms with Crippen LogP contribution in [0.25, 0.3) is 0 Å². The van der Waals surface area contributed by atoms with Crippen molar-refractivity contribution in [2.24, 2.45) is 5.10 Å². The van der Waals surface area contributed by atoms with E-state index in [0.717, 1.165) is 6.42 Å². The molecular formula is C26H25Cl2N3O5. The van der Waals surface area contributed by atoms with Gasteiger partial charge in [-0.25, -0.2) is 5.43 Å². The molecule has 0 fully saturated rings. The van der Waals surface area contributed by atoms with Crippen LogP contribution in [-0.4, -0.2) is 31.7 Å². The van der Waals surface area contributed by atoms with Crippen molar-refractivity contribution in [3.63, 3.8) is 0 Å². The molecule has 0 aliphatic heterocycles. The molecule has 0 aliphatic carbocycles. The highest BCUT2D eigenvalue weighted by Crippen LogP contribution is 2.33. The molecule has 0 saturated carbocycles. The topological polar surface area (TPSA) is 98.2 Å². The number of amides is 2. The largest absolute Gasteiger partial charge is 0.494 e. The van der Waals surface area contributed by atoms with Crippen LogP contribution in [0, 0.1) is 0 Å². The van der Waals surface area contributed by atoms with Crippen molar-refractivity contribution in [3.05, 3.63) is 81.8 Å². The third-order valence-electron chi connectivity index (χ3n) is 4.81. The Kier molecular flexibility index (Phi) is 9.97. The Morgan fingerprint density at radius 3 is 2.31 bits per heavy atom. The lowest BCUT2D eigenvalue weighted by atomic mass is 10.2. The van der Waals surface area contributed by atoms with Crippen LogP contribution in [-0.2, 0) is 16.2 Å². The van der Waals surface area contributed by atoms with Gasteiger partial charge in [-0.3, -0.25) is 9.59 Å². The van der Waals surface area contributed by atoms with Gasteiger partial charge >= 0.3 is 11.8 Å². The van der Waals surface area contributed by atoms with Gasteiger partial charge in [-0.15, -0.1) is 0 Å². The van der Waals surface area contributed by atoms with Crippen molar-refractivity contribution < 1.29 is 23.8 Å². The minimum Gasteiger partial charge on any atom is -0.494 e. The predicted molar refractivity (Wildman–Crippen MR) is 140 cm³/mol. The van der Waals surface area contributed by atoms with E-state index in [1.807, 2.05) is 6.92 Å². The third kappa shape index (κ3) is 7.37. The Labute approximate surface area is 219 Å². The first kappa shape index (κ1) is 26.8. The van der Waals surface area contributed by atoms with Gasteiger partial charge in [-0.1, -0.05) is 42.3 Å². The number of hydrogen-bond donors (Lipinski definition) is 2. The van der Waals surface area contributed by atoms with Crippen LogP contribution in [0.1, 0.15) is 24.5 Å². The Hall–Kier alpha value is -3.75. The lowest BCUT2D eigenvalue weighted by Crippen LogP contribution is -2.32. The Morgan fingerprint density at radius 2 is 1.64 bits per heavy atom. The summed E-state index contributed by atoms with van der Waals surface area (Å²) in [5.74, 6) is -0.325. The number of anilines is 1. The zero-order valence-electron chi connectivity index (χ0n) is 19.7. The monoisotopic (exact) mass is 529 g/mol. The molecule has 2 amide bonds. The maximum atomic E-state index is 12.2. The average Bonchev–Trinajstić information content (AvgIpc) is 2.88. The van der Waals surface area contributed by atoms with Gasteiger partial charge in [0.15, 0.2) is 11.5 Å². The number of nitrogens with zero attached hydrogens (tertiary/aromatic N) is 1. The smallest absolute Gasteiger partial charge is 0.329 e. The Bertz CT molecular complexity index is 1210. The maximum absolute atomic E-state index is 12.2. The quantitative estimate of drug-likeness (QED) is 0.206. The molecule has 0 bridgehead atoms. The van der Waals surface area contributed by atoms with E-state index in [2.05, 4.69) is 15.8 Å². The summed E-state index contributed by atoms with van der Waals surface area (Å²) in [4.78, 5) is 24.4. The second-order valence-corrected chi connectivity index (χ2v) is 8.21. The number of nitrogens with one attached hydrogen (secondary N) is 2. The van der Waals surface area contributed by atoms with Crippen molar-refractivity contribution >= 4 is 46.9 Å². The lowest BCUT2D eigenvalue weighted by molar-refractivity contribution is -0.136. The van der Waals surface area contributed by atoms with Gasteiger partial charge in [-0.05, 0) is 55.0 Å². The van der Waals surface area contributed by atoms with Gasteiger partial charge in [0.2, 0.25) is 0 Å². The molecule has 3 rings (SSSR count). The van der Waals surface area contributed by atoms with Crippen molar-refractivity contribution in [2.45, 2.75) is 20.0 Å². The molecule has 0 aromatic heterocycles. The van der Waals surface area contributed by atoms with E-state index in [1.165, 1.54) is 13.3 Å². The predicted octanol–water partition coefficient (Wildman–Crippen LogP) is 5.46. The number of methoxy groups -OCH3 is 1. The van der Waals surface area contributed by atoms with Crippen molar-refractivity contribution in [1.29, 1.82) is 0 Å². The molecule has 0 radical (unpaired) electrons. The number of benzene rings is 3. The number of halogens is 2. The summed E-state index contributed by atoms with van der Waals surface area (Å²) in [6, 6.07) is 17.0. The molecule has 3 aromatic rings. The molecule has 0 unspecified atom stereocenters. The summed E-state index contributed by atoms with van der Waals surface area (Å²) < 4.78 is 16.8. The number of para-hydroxylation sites is 1. The summed E-state index contributed by atoms with van der Waals surface area (Å²) in [5, 5.41) is 7.32. The summed E-state index contributed by atoms with van der Waals surface area (Å²) in [6.07, 6.45) is 2.23. The molecule has 0 spiro atoms. The van der Waals surface area contributed by atoms with Crippen LogP contribution >= 0.6 is 23.2 Å². The molecule has 0 aliphatic rings.